The van der Waals surface area contributed by atoms with Gasteiger partial charge in [-0.05, 0) is 49.8 Å². The van der Waals surface area contributed by atoms with E-state index in [1.165, 1.54) is 0 Å². The second-order valence-electron chi connectivity index (χ2n) is 5.64. The van der Waals surface area contributed by atoms with Crippen LogP contribution in [0.1, 0.15) is 31.7 Å². The minimum absolute atomic E-state index is 0.246. The van der Waals surface area contributed by atoms with Crippen LogP contribution in [0.25, 0.3) is 0 Å². The van der Waals surface area contributed by atoms with Gasteiger partial charge in [-0.25, -0.2) is 0 Å². The van der Waals surface area contributed by atoms with Crippen LogP contribution < -0.4 is 0 Å². The molecule has 0 spiro atoms. The Morgan fingerprint density at radius 1 is 1.48 bits per heavy atom. The van der Waals surface area contributed by atoms with Gasteiger partial charge in [0.05, 0.1) is 6.61 Å². The highest BCUT2D eigenvalue weighted by molar-refractivity contribution is 6.30. The summed E-state index contributed by atoms with van der Waals surface area (Å²) < 4.78 is 5.49. The lowest BCUT2D eigenvalue weighted by Crippen LogP contribution is -2.41. The molecule has 1 saturated heterocycles. The van der Waals surface area contributed by atoms with E-state index >= 15 is 0 Å². The molecule has 0 radical (unpaired) electrons. The number of likely N-dealkylation sites (tertiary alicyclic amines) is 1. The van der Waals surface area contributed by atoms with Gasteiger partial charge in [-0.1, -0.05) is 23.7 Å². The standard InChI is InChI=1S/C17H24ClNO2/c1-2-21-13-15-6-4-10-19(12-15)17(20)9-8-14-5-3-7-16(18)11-14/h3,5,7,11,15H,2,4,6,8-10,12-13H2,1H3. The summed E-state index contributed by atoms with van der Waals surface area (Å²) in [6.45, 7) is 5.26. The number of amides is 1. The summed E-state index contributed by atoms with van der Waals surface area (Å²) in [6.07, 6.45) is 3.56. The Kier molecular flexibility index (Phi) is 6.52. The number of halogens is 1. The Bertz CT molecular complexity index is 464. The van der Waals surface area contributed by atoms with Crippen LogP contribution in [0, 0.1) is 5.92 Å². The summed E-state index contributed by atoms with van der Waals surface area (Å²) in [5, 5.41) is 0.731. The molecule has 1 amide bonds. The fourth-order valence-electron chi connectivity index (χ4n) is 2.81. The predicted octanol–water partition coefficient (Wildman–Crippen LogP) is 3.55. The Morgan fingerprint density at radius 3 is 3.10 bits per heavy atom. The first-order chi connectivity index (χ1) is 10.2. The number of carbonyl (C=O) groups excluding carboxylic acids is 1. The number of hydrogen-bond acceptors (Lipinski definition) is 2. The number of hydrogen-bond donors (Lipinski definition) is 0. The number of piperidine rings is 1. The minimum Gasteiger partial charge on any atom is -0.381 e. The average Bonchev–Trinajstić information content (AvgIpc) is 2.51. The Morgan fingerprint density at radius 2 is 2.33 bits per heavy atom. The van der Waals surface area contributed by atoms with Crippen molar-refractivity contribution in [2.45, 2.75) is 32.6 Å². The zero-order valence-corrected chi connectivity index (χ0v) is 13.4. The zero-order chi connectivity index (χ0) is 15.1. The van der Waals surface area contributed by atoms with E-state index in [0.717, 1.165) is 56.2 Å². The Balaban J connectivity index is 1.79. The molecular weight excluding hydrogens is 286 g/mol. The molecule has 0 aliphatic carbocycles. The highest BCUT2D eigenvalue weighted by Gasteiger charge is 2.23. The van der Waals surface area contributed by atoms with Gasteiger partial charge in [0.15, 0.2) is 0 Å². The molecule has 1 aliphatic heterocycles. The molecule has 1 fully saturated rings. The van der Waals surface area contributed by atoms with Crippen LogP contribution in [0.2, 0.25) is 5.02 Å². The number of ether oxygens (including phenoxy) is 1. The summed E-state index contributed by atoms with van der Waals surface area (Å²) in [4.78, 5) is 14.3. The lowest BCUT2D eigenvalue weighted by atomic mass is 9.98. The van der Waals surface area contributed by atoms with Gasteiger partial charge in [0.2, 0.25) is 5.91 Å². The van der Waals surface area contributed by atoms with E-state index in [1.807, 2.05) is 36.1 Å². The normalized spacial score (nSPS) is 18.8. The molecule has 0 saturated carbocycles. The summed E-state index contributed by atoms with van der Waals surface area (Å²) in [5.41, 5.74) is 1.12. The maximum absolute atomic E-state index is 12.3. The second kappa shape index (κ2) is 8.40. The molecule has 1 atom stereocenters. The third-order valence-corrected chi connectivity index (χ3v) is 4.18. The van der Waals surface area contributed by atoms with Crippen molar-refractivity contribution in [1.29, 1.82) is 0 Å². The third kappa shape index (κ3) is 5.33. The van der Waals surface area contributed by atoms with Gasteiger partial charge in [0.25, 0.3) is 0 Å². The van der Waals surface area contributed by atoms with E-state index in [9.17, 15) is 4.79 Å². The molecule has 1 aromatic rings. The molecule has 116 valence electrons. The van der Waals surface area contributed by atoms with Crippen LogP contribution in [-0.4, -0.2) is 37.1 Å². The number of aryl methyl sites for hydroxylation is 1. The number of benzene rings is 1. The molecule has 1 aromatic carbocycles. The molecule has 0 bridgehead atoms. The smallest absolute Gasteiger partial charge is 0.222 e. The molecule has 2 rings (SSSR count). The van der Waals surface area contributed by atoms with E-state index in [2.05, 4.69) is 0 Å². The van der Waals surface area contributed by atoms with Crippen molar-refractivity contribution in [3.63, 3.8) is 0 Å². The van der Waals surface area contributed by atoms with E-state index in [-0.39, 0.29) is 5.91 Å². The van der Waals surface area contributed by atoms with Crippen molar-refractivity contribution in [3.8, 4) is 0 Å². The fourth-order valence-corrected chi connectivity index (χ4v) is 3.03. The minimum atomic E-state index is 0.246. The highest BCUT2D eigenvalue weighted by atomic mass is 35.5. The number of nitrogens with zero attached hydrogens (tertiary/aromatic N) is 1. The van der Waals surface area contributed by atoms with Gasteiger partial charge >= 0.3 is 0 Å². The lowest BCUT2D eigenvalue weighted by molar-refractivity contribution is -0.133. The van der Waals surface area contributed by atoms with Crippen LogP contribution in [0.5, 0.6) is 0 Å². The largest absolute Gasteiger partial charge is 0.381 e. The van der Waals surface area contributed by atoms with Crippen molar-refractivity contribution in [3.05, 3.63) is 34.9 Å². The summed E-state index contributed by atoms with van der Waals surface area (Å²) >= 11 is 5.97. The van der Waals surface area contributed by atoms with Crippen molar-refractivity contribution < 1.29 is 9.53 Å². The first-order valence-corrected chi connectivity index (χ1v) is 8.16. The van der Waals surface area contributed by atoms with E-state index in [0.29, 0.717) is 12.3 Å². The van der Waals surface area contributed by atoms with Gasteiger partial charge < -0.3 is 9.64 Å². The van der Waals surface area contributed by atoms with Gasteiger partial charge in [0.1, 0.15) is 0 Å². The molecule has 4 heteroatoms. The van der Waals surface area contributed by atoms with Crippen molar-refractivity contribution >= 4 is 17.5 Å². The first-order valence-electron chi connectivity index (χ1n) is 7.79. The van der Waals surface area contributed by atoms with Gasteiger partial charge in [0, 0.05) is 31.1 Å². The van der Waals surface area contributed by atoms with Gasteiger partial charge in [-0.3, -0.25) is 4.79 Å². The maximum atomic E-state index is 12.3. The zero-order valence-electron chi connectivity index (χ0n) is 12.7. The van der Waals surface area contributed by atoms with Crippen LogP contribution >= 0.6 is 11.6 Å². The van der Waals surface area contributed by atoms with Gasteiger partial charge in [-0.15, -0.1) is 0 Å². The molecular formula is C17H24ClNO2. The van der Waals surface area contributed by atoms with Gasteiger partial charge in [-0.2, -0.15) is 0 Å². The molecule has 3 nitrogen and oxygen atoms in total. The van der Waals surface area contributed by atoms with Crippen LogP contribution in [0.15, 0.2) is 24.3 Å². The summed E-state index contributed by atoms with van der Waals surface area (Å²) in [6, 6.07) is 7.74. The van der Waals surface area contributed by atoms with Crippen molar-refractivity contribution in [2.24, 2.45) is 5.92 Å². The second-order valence-corrected chi connectivity index (χ2v) is 6.07. The summed E-state index contributed by atoms with van der Waals surface area (Å²) in [5.74, 6) is 0.741. The van der Waals surface area contributed by atoms with Crippen LogP contribution in [0.3, 0.4) is 0 Å². The molecule has 1 heterocycles. The molecule has 1 unspecified atom stereocenters. The van der Waals surface area contributed by atoms with E-state index in [1.54, 1.807) is 0 Å². The molecule has 21 heavy (non-hydrogen) atoms. The molecule has 0 N–H and O–H groups in total. The average molecular weight is 310 g/mol. The quantitative estimate of drug-likeness (QED) is 0.804. The topological polar surface area (TPSA) is 29.5 Å². The van der Waals surface area contributed by atoms with Crippen LogP contribution in [-0.2, 0) is 16.0 Å². The van der Waals surface area contributed by atoms with Crippen molar-refractivity contribution in [1.82, 2.24) is 4.90 Å². The number of rotatable bonds is 6. The van der Waals surface area contributed by atoms with Crippen LogP contribution in [0.4, 0.5) is 0 Å². The Hall–Kier alpha value is -1.06. The van der Waals surface area contributed by atoms with E-state index in [4.69, 9.17) is 16.3 Å². The third-order valence-electron chi connectivity index (χ3n) is 3.95. The van der Waals surface area contributed by atoms with E-state index < -0.39 is 0 Å². The highest BCUT2D eigenvalue weighted by Crippen LogP contribution is 2.18. The SMILES string of the molecule is CCOCC1CCCN(C(=O)CCc2cccc(Cl)c2)C1. The Labute approximate surface area is 132 Å². The monoisotopic (exact) mass is 309 g/mol. The first kappa shape index (κ1) is 16.3. The predicted molar refractivity (Wildman–Crippen MR) is 85.6 cm³/mol. The lowest BCUT2D eigenvalue weighted by Gasteiger charge is -2.32. The fraction of sp³-hybridized carbons (Fsp3) is 0.588. The maximum Gasteiger partial charge on any atom is 0.222 e. The summed E-state index contributed by atoms with van der Waals surface area (Å²) in [7, 11) is 0. The molecule has 1 aliphatic rings. The molecule has 0 aromatic heterocycles. The number of carbonyl (C=O) groups is 1. The van der Waals surface area contributed by atoms with Crippen molar-refractivity contribution in [2.75, 3.05) is 26.3 Å².